The van der Waals surface area contributed by atoms with E-state index >= 15 is 0 Å². The molecule has 3 amide bonds. The summed E-state index contributed by atoms with van der Waals surface area (Å²) in [5.41, 5.74) is 3.73. The summed E-state index contributed by atoms with van der Waals surface area (Å²) in [5.74, 6) is 0.231. The summed E-state index contributed by atoms with van der Waals surface area (Å²) in [6.07, 6.45) is 3.25. The molecule has 10 heteroatoms. The SMILES string of the molecule is CC(=O)Nc1ccc(NC(=O)CSc2nnc(-c3ccc(NC(=O)C=Cc4ccccc4)cc3)n2C)cc1. The van der Waals surface area contributed by atoms with Crippen LogP contribution in [0.4, 0.5) is 17.1 Å². The van der Waals surface area contributed by atoms with Gasteiger partial charge in [0.15, 0.2) is 11.0 Å². The maximum absolute atomic E-state index is 12.4. The van der Waals surface area contributed by atoms with Crippen molar-refractivity contribution in [3.8, 4) is 11.4 Å². The second kappa shape index (κ2) is 12.5. The predicted octanol–water partition coefficient (Wildman–Crippen LogP) is 4.82. The van der Waals surface area contributed by atoms with E-state index in [1.54, 1.807) is 42.5 Å². The molecular formula is C28H26N6O3S. The molecule has 0 aliphatic rings. The number of amides is 3. The summed E-state index contributed by atoms with van der Waals surface area (Å²) in [4.78, 5) is 35.7. The van der Waals surface area contributed by atoms with E-state index in [0.717, 1.165) is 11.1 Å². The van der Waals surface area contributed by atoms with Crippen LogP contribution in [-0.2, 0) is 21.4 Å². The number of hydrogen-bond acceptors (Lipinski definition) is 6. The topological polar surface area (TPSA) is 118 Å². The molecule has 0 unspecified atom stereocenters. The smallest absolute Gasteiger partial charge is 0.248 e. The van der Waals surface area contributed by atoms with Crippen molar-refractivity contribution in [2.45, 2.75) is 12.1 Å². The van der Waals surface area contributed by atoms with E-state index in [9.17, 15) is 14.4 Å². The highest BCUT2D eigenvalue weighted by atomic mass is 32.2. The second-order valence-electron chi connectivity index (χ2n) is 8.27. The number of hydrogen-bond donors (Lipinski definition) is 3. The molecule has 0 atom stereocenters. The van der Waals surface area contributed by atoms with E-state index < -0.39 is 0 Å². The molecule has 1 aromatic heterocycles. The van der Waals surface area contributed by atoms with Gasteiger partial charge in [-0.15, -0.1) is 10.2 Å². The number of nitrogens with zero attached hydrogens (tertiary/aromatic N) is 3. The molecule has 4 aromatic rings. The Kier molecular flexibility index (Phi) is 8.68. The molecule has 0 fully saturated rings. The van der Waals surface area contributed by atoms with E-state index in [0.29, 0.717) is 28.0 Å². The average molecular weight is 527 g/mol. The van der Waals surface area contributed by atoms with Gasteiger partial charge >= 0.3 is 0 Å². The Hall–Kier alpha value is -4.70. The summed E-state index contributed by atoms with van der Waals surface area (Å²) in [6, 6.07) is 23.8. The minimum Gasteiger partial charge on any atom is -0.326 e. The van der Waals surface area contributed by atoms with E-state index in [-0.39, 0.29) is 23.5 Å². The van der Waals surface area contributed by atoms with Gasteiger partial charge in [0.2, 0.25) is 17.7 Å². The second-order valence-corrected chi connectivity index (χ2v) is 9.21. The lowest BCUT2D eigenvalue weighted by molar-refractivity contribution is -0.114. The Morgan fingerprint density at radius 1 is 0.816 bits per heavy atom. The first-order valence-corrected chi connectivity index (χ1v) is 12.7. The minimum atomic E-state index is -0.221. The van der Waals surface area contributed by atoms with Crippen molar-refractivity contribution in [3.05, 3.63) is 90.5 Å². The third-order valence-electron chi connectivity index (χ3n) is 5.29. The highest BCUT2D eigenvalue weighted by molar-refractivity contribution is 7.99. The number of benzene rings is 3. The first-order valence-electron chi connectivity index (χ1n) is 11.7. The number of carbonyl (C=O) groups excluding carboxylic acids is 3. The first kappa shape index (κ1) is 26.4. The van der Waals surface area contributed by atoms with Crippen LogP contribution in [0.25, 0.3) is 17.5 Å². The number of nitrogens with one attached hydrogen (secondary N) is 3. The van der Waals surface area contributed by atoms with Crippen LogP contribution in [0.2, 0.25) is 0 Å². The molecule has 0 saturated carbocycles. The van der Waals surface area contributed by atoms with Crippen molar-refractivity contribution in [2.24, 2.45) is 7.05 Å². The zero-order valence-electron chi connectivity index (χ0n) is 20.8. The maximum Gasteiger partial charge on any atom is 0.248 e. The van der Waals surface area contributed by atoms with Crippen LogP contribution >= 0.6 is 11.8 Å². The van der Waals surface area contributed by atoms with Crippen molar-refractivity contribution < 1.29 is 14.4 Å². The van der Waals surface area contributed by atoms with Crippen molar-refractivity contribution >= 4 is 52.6 Å². The van der Waals surface area contributed by atoms with Gasteiger partial charge < -0.3 is 20.5 Å². The van der Waals surface area contributed by atoms with Gasteiger partial charge in [0.1, 0.15) is 0 Å². The molecule has 1 heterocycles. The van der Waals surface area contributed by atoms with Crippen molar-refractivity contribution in [1.29, 1.82) is 0 Å². The summed E-state index contributed by atoms with van der Waals surface area (Å²) in [5, 5.41) is 17.4. The highest BCUT2D eigenvalue weighted by Gasteiger charge is 2.13. The summed E-state index contributed by atoms with van der Waals surface area (Å²) >= 11 is 1.27. The van der Waals surface area contributed by atoms with Gasteiger partial charge in [0.05, 0.1) is 5.75 Å². The molecule has 0 aliphatic heterocycles. The van der Waals surface area contributed by atoms with Crippen LogP contribution in [0, 0.1) is 0 Å². The lowest BCUT2D eigenvalue weighted by atomic mass is 10.2. The summed E-state index contributed by atoms with van der Waals surface area (Å²) < 4.78 is 1.82. The molecule has 4 rings (SSSR count). The Morgan fingerprint density at radius 3 is 2.08 bits per heavy atom. The Balaban J connectivity index is 1.30. The Bertz CT molecular complexity index is 1450. The number of aromatic nitrogens is 3. The lowest BCUT2D eigenvalue weighted by Crippen LogP contribution is -2.14. The molecule has 0 aliphatic carbocycles. The molecule has 0 saturated heterocycles. The van der Waals surface area contributed by atoms with Gasteiger partial charge in [-0.1, -0.05) is 42.1 Å². The standard InChI is InChI=1S/C28H26N6O3S/c1-19(35)29-22-13-15-24(16-14-22)31-26(37)18-38-28-33-32-27(34(28)2)21-9-11-23(12-10-21)30-25(36)17-8-20-6-4-3-5-7-20/h3-17H,18H2,1-2H3,(H,29,35)(H,30,36)(H,31,37). The monoisotopic (exact) mass is 526 g/mol. The van der Waals surface area contributed by atoms with Gasteiger partial charge in [0.25, 0.3) is 0 Å². The van der Waals surface area contributed by atoms with Gasteiger partial charge in [-0.2, -0.15) is 0 Å². The Labute approximate surface area is 224 Å². The maximum atomic E-state index is 12.4. The fourth-order valence-electron chi connectivity index (χ4n) is 3.48. The molecule has 38 heavy (non-hydrogen) atoms. The van der Waals surface area contributed by atoms with Crippen LogP contribution in [-0.4, -0.2) is 38.2 Å². The zero-order valence-corrected chi connectivity index (χ0v) is 21.7. The van der Waals surface area contributed by atoms with E-state index in [4.69, 9.17) is 0 Å². The number of rotatable bonds is 9. The van der Waals surface area contributed by atoms with E-state index in [1.165, 1.54) is 24.8 Å². The van der Waals surface area contributed by atoms with Crippen molar-refractivity contribution in [2.75, 3.05) is 21.7 Å². The summed E-state index contributed by atoms with van der Waals surface area (Å²) in [7, 11) is 1.83. The van der Waals surface area contributed by atoms with Crippen molar-refractivity contribution in [1.82, 2.24) is 14.8 Å². The van der Waals surface area contributed by atoms with Gasteiger partial charge in [-0.25, -0.2) is 0 Å². The number of anilines is 3. The molecule has 9 nitrogen and oxygen atoms in total. The third-order valence-corrected chi connectivity index (χ3v) is 6.31. The van der Waals surface area contributed by atoms with Crippen LogP contribution in [0.5, 0.6) is 0 Å². The minimum absolute atomic E-state index is 0.154. The molecule has 0 radical (unpaired) electrons. The first-order chi connectivity index (χ1) is 18.4. The van der Waals surface area contributed by atoms with Crippen LogP contribution in [0.3, 0.4) is 0 Å². The van der Waals surface area contributed by atoms with Crippen LogP contribution in [0.1, 0.15) is 12.5 Å². The summed E-state index contributed by atoms with van der Waals surface area (Å²) in [6.45, 7) is 1.44. The van der Waals surface area contributed by atoms with Gasteiger partial charge in [-0.3, -0.25) is 14.4 Å². The quantitative estimate of drug-likeness (QED) is 0.213. The largest absolute Gasteiger partial charge is 0.326 e. The molecule has 0 bridgehead atoms. The fourth-order valence-corrected chi connectivity index (χ4v) is 4.19. The average Bonchev–Trinajstić information content (AvgIpc) is 3.28. The molecule has 0 spiro atoms. The van der Waals surface area contributed by atoms with Gasteiger partial charge in [-0.05, 0) is 60.2 Å². The normalized spacial score (nSPS) is 10.8. The number of thioether (sulfide) groups is 1. The zero-order chi connectivity index (χ0) is 26.9. The highest BCUT2D eigenvalue weighted by Crippen LogP contribution is 2.24. The predicted molar refractivity (Wildman–Crippen MR) is 151 cm³/mol. The molecule has 192 valence electrons. The molecule has 3 aromatic carbocycles. The molecular weight excluding hydrogens is 500 g/mol. The van der Waals surface area contributed by atoms with E-state index in [1.807, 2.05) is 54.1 Å². The van der Waals surface area contributed by atoms with Crippen LogP contribution < -0.4 is 16.0 Å². The number of carbonyl (C=O) groups is 3. The lowest BCUT2D eigenvalue weighted by Gasteiger charge is -2.07. The fraction of sp³-hybridized carbons (Fsp3) is 0.107. The van der Waals surface area contributed by atoms with Gasteiger partial charge in [0, 0.05) is 42.7 Å². The van der Waals surface area contributed by atoms with E-state index in [2.05, 4.69) is 26.1 Å². The third kappa shape index (κ3) is 7.40. The molecule has 3 N–H and O–H groups in total. The van der Waals surface area contributed by atoms with Crippen LogP contribution in [0.15, 0.2) is 90.1 Å². The Morgan fingerprint density at radius 2 is 1.42 bits per heavy atom. The van der Waals surface area contributed by atoms with Crippen molar-refractivity contribution in [3.63, 3.8) is 0 Å².